The molecule has 2 rings (SSSR count). The van der Waals surface area contributed by atoms with Gasteiger partial charge in [-0.1, -0.05) is 18.2 Å². The molecule has 0 aliphatic rings. The molecule has 116 valence electrons. The van der Waals surface area contributed by atoms with Gasteiger partial charge in [0.2, 0.25) is 5.78 Å². The van der Waals surface area contributed by atoms with E-state index in [4.69, 9.17) is 9.47 Å². The average Bonchev–Trinajstić information content (AvgIpc) is 2.81. The van der Waals surface area contributed by atoms with E-state index in [9.17, 15) is 4.79 Å². The van der Waals surface area contributed by atoms with E-state index >= 15 is 0 Å². The minimum Gasteiger partial charge on any atom is -0.493 e. The number of aromatic nitrogens is 1. The Morgan fingerprint density at radius 2 is 1.95 bits per heavy atom. The largest absolute Gasteiger partial charge is 0.493 e. The van der Waals surface area contributed by atoms with Gasteiger partial charge < -0.3 is 14.0 Å². The van der Waals surface area contributed by atoms with Crippen molar-refractivity contribution in [1.29, 1.82) is 0 Å². The summed E-state index contributed by atoms with van der Waals surface area (Å²) < 4.78 is 12.9. The Kier molecular flexibility index (Phi) is 5.04. The molecular formula is C18H21NO3. The van der Waals surface area contributed by atoms with Gasteiger partial charge >= 0.3 is 0 Å². The van der Waals surface area contributed by atoms with E-state index in [2.05, 4.69) is 11.1 Å². The van der Waals surface area contributed by atoms with Crippen molar-refractivity contribution in [2.24, 2.45) is 0 Å². The van der Waals surface area contributed by atoms with Gasteiger partial charge in [0.1, 0.15) is 0 Å². The summed E-state index contributed by atoms with van der Waals surface area (Å²) in [6.45, 7) is 8.34. The number of carbonyl (C=O) groups excluding carboxylic acids is 1. The van der Waals surface area contributed by atoms with E-state index in [1.54, 1.807) is 19.2 Å². The molecule has 4 nitrogen and oxygen atoms in total. The monoisotopic (exact) mass is 299 g/mol. The number of aryl methyl sites for hydroxylation is 1. The van der Waals surface area contributed by atoms with E-state index in [1.807, 2.05) is 38.1 Å². The van der Waals surface area contributed by atoms with Crippen LogP contribution in [-0.4, -0.2) is 24.1 Å². The van der Waals surface area contributed by atoms with Crippen LogP contribution in [0.15, 0.2) is 43.0 Å². The van der Waals surface area contributed by atoms with E-state index in [1.165, 1.54) is 0 Å². The van der Waals surface area contributed by atoms with Gasteiger partial charge in [0.15, 0.2) is 18.1 Å². The highest BCUT2D eigenvalue weighted by atomic mass is 16.5. The predicted octanol–water partition coefficient (Wildman–Crippen LogP) is 3.56. The van der Waals surface area contributed by atoms with Crippen LogP contribution in [0.3, 0.4) is 0 Å². The number of nitrogens with zero attached hydrogens (tertiary/aromatic N) is 1. The molecule has 0 amide bonds. The van der Waals surface area contributed by atoms with Gasteiger partial charge in [-0.15, -0.1) is 6.58 Å². The van der Waals surface area contributed by atoms with E-state index in [0.29, 0.717) is 23.6 Å². The number of hydrogen-bond donors (Lipinski definition) is 0. The molecule has 0 saturated heterocycles. The predicted molar refractivity (Wildman–Crippen MR) is 86.9 cm³/mol. The van der Waals surface area contributed by atoms with Crippen LogP contribution in [-0.2, 0) is 6.54 Å². The number of ketones is 1. The number of methoxy groups -OCH3 is 1. The molecule has 4 heteroatoms. The maximum Gasteiger partial charge on any atom is 0.202 e. The van der Waals surface area contributed by atoms with Crippen molar-refractivity contribution in [2.75, 3.05) is 13.7 Å². The second-order valence-electron chi connectivity index (χ2n) is 5.05. The Balaban J connectivity index is 2.13. The second kappa shape index (κ2) is 6.98. The molecule has 1 aromatic heterocycles. The van der Waals surface area contributed by atoms with Crippen molar-refractivity contribution >= 4 is 5.78 Å². The van der Waals surface area contributed by atoms with E-state index in [0.717, 1.165) is 11.4 Å². The quantitative estimate of drug-likeness (QED) is 0.580. The van der Waals surface area contributed by atoms with Gasteiger partial charge in [0, 0.05) is 23.5 Å². The summed E-state index contributed by atoms with van der Waals surface area (Å²) in [6.07, 6.45) is 1.82. The molecule has 0 fully saturated rings. The first-order valence-electron chi connectivity index (χ1n) is 7.15. The molecule has 0 saturated carbocycles. The summed E-state index contributed by atoms with van der Waals surface area (Å²) in [5.41, 5.74) is 2.67. The van der Waals surface area contributed by atoms with Crippen LogP contribution in [0.25, 0.3) is 0 Å². The van der Waals surface area contributed by atoms with Crippen molar-refractivity contribution in [3.63, 3.8) is 0 Å². The first-order chi connectivity index (χ1) is 10.6. The lowest BCUT2D eigenvalue weighted by Gasteiger charge is -2.10. The number of Topliss-reactive ketones (excluding diaryl/α,β-unsaturated/α-hetero) is 1. The Morgan fingerprint density at radius 1 is 1.27 bits per heavy atom. The lowest BCUT2D eigenvalue weighted by Crippen LogP contribution is -2.13. The number of ether oxygens (including phenoxy) is 2. The Hall–Kier alpha value is -2.49. The highest BCUT2D eigenvalue weighted by Crippen LogP contribution is 2.26. The van der Waals surface area contributed by atoms with Crippen molar-refractivity contribution in [1.82, 2.24) is 4.57 Å². The first-order valence-corrected chi connectivity index (χ1v) is 7.15. The van der Waals surface area contributed by atoms with Crippen LogP contribution < -0.4 is 9.47 Å². The summed E-state index contributed by atoms with van der Waals surface area (Å²) in [5.74, 6) is 1.14. The molecule has 0 unspecified atom stereocenters. The average molecular weight is 299 g/mol. The standard InChI is InChI=1S/C18H21NO3/c1-5-10-19-13(2)11-15(14(19)3)16(20)12-22-18-9-7-6-8-17(18)21-4/h5-9,11H,1,10,12H2,2-4H3. The van der Waals surface area contributed by atoms with Crippen LogP contribution in [0, 0.1) is 13.8 Å². The van der Waals surface area contributed by atoms with Crippen molar-refractivity contribution < 1.29 is 14.3 Å². The molecule has 1 aromatic carbocycles. The molecule has 1 heterocycles. The number of para-hydroxylation sites is 2. The first kappa shape index (κ1) is 15.9. The topological polar surface area (TPSA) is 40.5 Å². The van der Waals surface area contributed by atoms with Crippen LogP contribution in [0.2, 0.25) is 0 Å². The molecule has 0 radical (unpaired) electrons. The molecule has 22 heavy (non-hydrogen) atoms. The fourth-order valence-electron chi connectivity index (χ4n) is 2.45. The molecule has 0 spiro atoms. The van der Waals surface area contributed by atoms with Crippen molar-refractivity contribution in [3.8, 4) is 11.5 Å². The normalized spacial score (nSPS) is 10.3. The fraction of sp³-hybridized carbons (Fsp3) is 0.278. The Bertz CT molecular complexity index is 686. The van der Waals surface area contributed by atoms with Gasteiger partial charge in [-0.2, -0.15) is 0 Å². The maximum absolute atomic E-state index is 12.4. The lowest BCUT2D eigenvalue weighted by molar-refractivity contribution is 0.0918. The zero-order valence-corrected chi connectivity index (χ0v) is 13.3. The van der Waals surface area contributed by atoms with Crippen LogP contribution in [0.1, 0.15) is 21.7 Å². The smallest absolute Gasteiger partial charge is 0.202 e. The minimum absolute atomic E-state index is 0.0151. The second-order valence-corrected chi connectivity index (χ2v) is 5.05. The molecule has 0 bridgehead atoms. The zero-order valence-electron chi connectivity index (χ0n) is 13.3. The number of hydrogen-bond acceptors (Lipinski definition) is 3. The molecule has 0 N–H and O–H groups in total. The molecular weight excluding hydrogens is 278 g/mol. The van der Waals surface area contributed by atoms with Crippen LogP contribution in [0.5, 0.6) is 11.5 Å². The third-order valence-corrected chi connectivity index (χ3v) is 3.61. The van der Waals surface area contributed by atoms with Gasteiger partial charge in [-0.3, -0.25) is 4.79 Å². The number of rotatable bonds is 7. The van der Waals surface area contributed by atoms with Crippen molar-refractivity contribution in [3.05, 3.63) is 59.9 Å². The van der Waals surface area contributed by atoms with E-state index < -0.39 is 0 Å². The number of allylic oxidation sites excluding steroid dienone is 1. The Labute approximate surface area is 131 Å². The molecule has 0 atom stereocenters. The van der Waals surface area contributed by atoms with Gasteiger partial charge in [0.25, 0.3) is 0 Å². The summed E-state index contributed by atoms with van der Waals surface area (Å²) in [6, 6.07) is 9.18. The van der Waals surface area contributed by atoms with Gasteiger partial charge in [-0.05, 0) is 32.0 Å². The lowest BCUT2D eigenvalue weighted by atomic mass is 10.1. The molecule has 2 aromatic rings. The highest BCUT2D eigenvalue weighted by Gasteiger charge is 2.16. The van der Waals surface area contributed by atoms with Gasteiger partial charge in [0.05, 0.1) is 7.11 Å². The summed E-state index contributed by atoms with van der Waals surface area (Å²) in [7, 11) is 1.58. The van der Waals surface area contributed by atoms with Crippen LogP contribution >= 0.6 is 0 Å². The summed E-state index contributed by atoms with van der Waals surface area (Å²) >= 11 is 0. The molecule has 0 aliphatic carbocycles. The molecule has 0 aliphatic heterocycles. The zero-order chi connectivity index (χ0) is 16.1. The maximum atomic E-state index is 12.4. The summed E-state index contributed by atoms with van der Waals surface area (Å²) in [5, 5.41) is 0. The third kappa shape index (κ3) is 3.22. The minimum atomic E-state index is -0.0469. The summed E-state index contributed by atoms with van der Waals surface area (Å²) in [4.78, 5) is 12.4. The van der Waals surface area contributed by atoms with Gasteiger partial charge in [-0.25, -0.2) is 0 Å². The third-order valence-electron chi connectivity index (χ3n) is 3.61. The Morgan fingerprint density at radius 3 is 2.59 bits per heavy atom. The number of benzene rings is 1. The van der Waals surface area contributed by atoms with Crippen molar-refractivity contribution in [2.45, 2.75) is 20.4 Å². The fourth-order valence-corrected chi connectivity index (χ4v) is 2.45. The van der Waals surface area contributed by atoms with E-state index in [-0.39, 0.29) is 12.4 Å². The SMILES string of the molecule is C=CCn1c(C)cc(C(=O)COc2ccccc2OC)c1C. The number of carbonyl (C=O) groups is 1. The highest BCUT2D eigenvalue weighted by molar-refractivity contribution is 5.98. The van der Waals surface area contributed by atoms with Crippen LogP contribution in [0.4, 0.5) is 0 Å².